The molecule has 0 saturated carbocycles. The maximum atomic E-state index is 4.78. The highest BCUT2D eigenvalue weighted by atomic mass is 15.3. The van der Waals surface area contributed by atoms with Gasteiger partial charge in [-0.25, -0.2) is 4.98 Å². The van der Waals surface area contributed by atoms with Gasteiger partial charge < -0.3 is 9.47 Å². The Hall–Kier alpha value is -2.36. The SMILES string of the molecule is Cn1c(N2CCC(C)(c3ccccc3)CC2)nc2cnccc21. The molecule has 0 atom stereocenters. The van der Waals surface area contributed by atoms with Crippen LogP contribution >= 0.6 is 0 Å². The third kappa shape index (κ3) is 2.38. The maximum Gasteiger partial charge on any atom is 0.206 e. The molecule has 0 amide bonds. The van der Waals surface area contributed by atoms with Crippen LogP contribution in [-0.2, 0) is 12.5 Å². The minimum atomic E-state index is 0.268. The van der Waals surface area contributed by atoms with Gasteiger partial charge in [-0.1, -0.05) is 37.3 Å². The Morgan fingerprint density at radius 2 is 1.78 bits per heavy atom. The first-order valence-corrected chi connectivity index (χ1v) is 8.24. The van der Waals surface area contributed by atoms with Crippen LogP contribution in [-0.4, -0.2) is 27.6 Å². The van der Waals surface area contributed by atoms with E-state index >= 15 is 0 Å². The van der Waals surface area contributed by atoms with E-state index in [4.69, 9.17) is 4.98 Å². The summed E-state index contributed by atoms with van der Waals surface area (Å²) < 4.78 is 2.18. The Morgan fingerprint density at radius 3 is 2.48 bits per heavy atom. The van der Waals surface area contributed by atoms with E-state index in [0.29, 0.717) is 0 Å². The fourth-order valence-corrected chi connectivity index (χ4v) is 3.65. The van der Waals surface area contributed by atoms with Gasteiger partial charge in [-0.3, -0.25) is 4.98 Å². The topological polar surface area (TPSA) is 34.0 Å². The number of rotatable bonds is 2. The third-order valence-corrected chi connectivity index (χ3v) is 5.28. The number of anilines is 1. The molecule has 4 rings (SSSR count). The summed E-state index contributed by atoms with van der Waals surface area (Å²) in [6.45, 7) is 4.46. The predicted octanol–water partition coefficient (Wildman–Crippen LogP) is 3.53. The molecule has 1 aliphatic rings. The van der Waals surface area contributed by atoms with Crippen molar-refractivity contribution in [2.75, 3.05) is 18.0 Å². The van der Waals surface area contributed by atoms with Crippen molar-refractivity contribution >= 4 is 17.0 Å². The monoisotopic (exact) mass is 306 g/mol. The maximum absolute atomic E-state index is 4.78. The number of hydrogen-bond acceptors (Lipinski definition) is 3. The van der Waals surface area contributed by atoms with E-state index in [2.05, 4.69) is 58.8 Å². The van der Waals surface area contributed by atoms with Gasteiger partial charge in [0.15, 0.2) is 0 Å². The van der Waals surface area contributed by atoms with E-state index in [1.807, 2.05) is 18.5 Å². The minimum Gasteiger partial charge on any atom is -0.342 e. The van der Waals surface area contributed by atoms with Crippen LogP contribution in [0.2, 0.25) is 0 Å². The Kier molecular flexibility index (Phi) is 3.33. The fraction of sp³-hybridized carbons (Fsp3) is 0.368. The zero-order chi connectivity index (χ0) is 15.9. The standard InChI is InChI=1S/C19H22N4/c1-19(15-6-4-3-5-7-15)9-12-23(13-10-19)18-21-16-14-20-11-8-17(16)22(18)2/h3-8,11,14H,9-10,12-13H2,1-2H3. The molecule has 4 heteroatoms. The van der Waals surface area contributed by atoms with Gasteiger partial charge in [-0.15, -0.1) is 0 Å². The highest BCUT2D eigenvalue weighted by Crippen LogP contribution is 2.36. The first-order chi connectivity index (χ1) is 11.2. The van der Waals surface area contributed by atoms with Crippen LogP contribution in [0.4, 0.5) is 5.95 Å². The molecular weight excluding hydrogens is 284 g/mol. The lowest BCUT2D eigenvalue weighted by molar-refractivity contribution is 0.359. The molecule has 3 heterocycles. The average molecular weight is 306 g/mol. The van der Waals surface area contributed by atoms with Crippen molar-refractivity contribution in [2.45, 2.75) is 25.2 Å². The molecule has 2 aromatic heterocycles. The molecule has 1 aliphatic heterocycles. The molecule has 1 fully saturated rings. The molecule has 0 bridgehead atoms. The minimum absolute atomic E-state index is 0.268. The molecule has 23 heavy (non-hydrogen) atoms. The second-order valence-corrected chi connectivity index (χ2v) is 6.75. The van der Waals surface area contributed by atoms with Gasteiger partial charge in [0.1, 0.15) is 5.52 Å². The van der Waals surface area contributed by atoms with Crippen LogP contribution in [0, 0.1) is 0 Å². The van der Waals surface area contributed by atoms with Crippen molar-refractivity contribution < 1.29 is 0 Å². The van der Waals surface area contributed by atoms with Crippen LogP contribution < -0.4 is 4.90 Å². The zero-order valence-electron chi connectivity index (χ0n) is 13.7. The van der Waals surface area contributed by atoms with E-state index in [1.165, 1.54) is 5.56 Å². The number of aromatic nitrogens is 3. The molecule has 0 N–H and O–H groups in total. The predicted molar refractivity (Wildman–Crippen MR) is 93.8 cm³/mol. The van der Waals surface area contributed by atoms with Gasteiger partial charge in [0, 0.05) is 26.3 Å². The number of nitrogens with zero attached hydrogens (tertiary/aromatic N) is 4. The number of pyridine rings is 1. The summed E-state index contributed by atoms with van der Waals surface area (Å²) in [5, 5.41) is 0. The lowest BCUT2D eigenvalue weighted by Crippen LogP contribution is -2.42. The molecule has 0 spiro atoms. The van der Waals surface area contributed by atoms with E-state index in [-0.39, 0.29) is 5.41 Å². The van der Waals surface area contributed by atoms with Crippen molar-refractivity contribution in [2.24, 2.45) is 7.05 Å². The molecule has 1 aromatic carbocycles. The van der Waals surface area contributed by atoms with E-state index in [9.17, 15) is 0 Å². The molecular formula is C19H22N4. The van der Waals surface area contributed by atoms with Gasteiger partial charge >= 0.3 is 0 Å². The van der Waals surface area contributed by atoms with Crippen molar-refractivity contribution in [1.29, 1.82) is 0 Å². The highest BCUT2D eigenvalue weighted by Gasteiger charge is 2.32. The molecule has 1 saturated heterocycles. The number of piperidine rings is 1. The summed E-state index contributed by atoms with van der Waals surface area (Å²) in [6.07, 6.45) is 5.98. The van der Waals surface area contributed by atoms with E-state index < -0.39 is 0 Å². The number of aryl methyl sites for hydroxylation is 1. The number of fused-ring (bicyclic) bond motifs is 1. The summed E-state index contributed by atoms with van der Waals surface area (Å²) in [6, 6.07) is 12.9. The number of hydrogen-bond donors (Lipinski definition) is 0. The molecule has 0 radical (unpaired) electrons. The molecule has 4 nitrogen and oxygen atoms in total. The summed E-state index contributed by atoms with van der Waals surface area (Å²) in [4.78, 5) is 11.4. The Bertz CT molecular complexity index is 814. The smallest absolute Gasteiger partial charge is 0.206 e. The second kappa shape index (κ2) is 5.37. The molecule has 118 valence electrons. The van der Waals surface area contributed by atoms with Gasteiger partial charge in [-0.2, -0.15) is 0 Å². The van der Waals surface area contributed by atoms with Crippen molar-refractivity contribution in [3.63, 3.8) is 0 Å². The van der Waals surface area contributed by atoms with Crippen molar-refractivity contribution in [1.82, 2.24) is 14.5 Å². The number of benzene rings is 1. The van der Waals surface area contributed by atoms with Crippen LogP contribution in [0.15, 0.2) is 48.8 Å². The summed E-state index contributed by atoms with van der Waals surface area (Å²) in [5.41, 5.74) is 3.84. The highest BCUT2D eigenvalue weighted by molar-refractivity contribution is 5.77. The van der Waals surface area contributed by atoms with Crippen LogP contribution in [0.3, 0.4) is 0 Å². The first-order valence-electron chi connectivity index (χ1n) is 8.24. The first kappa shape index (κ1) is 14.2. The van der Waals surface area contributed by atoms with E-state index in [1.54, 1.807) is 0 Å². The van der Waals surface area contributed by atoms with Crippen molar-refractivity contribution in [3.05, 3.63) is 54.4 Å². The summed E-state index contributed by atoms with van der Waals surface area (Å²) in [5.74, 6) is 1.06. The molecule has 0 aliphatic carbocycles. The summed E-state index contributed by atoms with van der Waals surface area (Å²) >= 11 is 0. The normalized spacial score (nSPS) is 17.6. The quantitative estimate of drug-likeness (QED) is 0.726. The van der Waals surface area contributed by atoms with Crippen LogP contribution in [0.1, 0.15) is 25.3 Å². The Morgan fingerprint density at radius 1 is 1.04 bits per heavy atom. The summed E-state index contributed by atoms with van der Waals surface area (Å²) in [7, 11) is 2.09. The van der Waals surface area contributed by atoms with E-state index in [0.717, 1.165) is 42.9 Å². The fourth-order valence-electron chi connectivity index (χ4n) is 3.65. The molecule has 0 unspecified atom stereocenters. The van der Waals surface area contributed by atoms with Gasteiger partial charge in [0.2, 0.25) is 5.95 Å². The Labute approximate surface area is 136 Å². The number of imidazole rings is 1. The lowest BCUT2D eigenvalue weighted by atomic mass is 9.74. The zero-order valence-corrected chi connectivity index (χ0v) is 13.7. The average Bonchev–Trinajstić information content (AvgIpc) is 2.94. The second-order valence-electron chi connectivity index (χ2n) is 6.75. The van der Waals surface area contributed by atoms with Crippen molar-refractivity contribution in [3.8, 4) is 0 Å². The van der Waals surface area contributed by atoms with Gasteiger partial charge in [0.05, 0.1) is 11.7 Å². The van der Waals surface area contributed by atoms with Gasteiger partial charge in [0.25, 0.3) is 0 Å². The van der Waals surface area contributed by atoms with Crippen LogP contribution in [0.25, 0.3) is 11.0 Å². The largest absolute Gasteiger partial charge is 0.342 e. The van der Waals surface area contributed by atoms with Gasteiger partial charge in [-0.05, 0) is 29.9 Å². The lowest BCUT2D eigenvalue weighted by Gasteiger charge is -2.40. The molecule has 3 aromatic rings. The Balaban J connectivity index is 1.58. The third-order valence-electron chi connectivity index (χ3n) is 5.28. The van der Waals surface area contributed by atoms with Crippen LogP contribution in [0.5, 0.6) is 0 Å².